The second-order valence-electron chi connectivity index (χ2n) is 2.83. The molecule has 4 nitrogen and oxygen atoms in total. The first kappa shape index (κ1) is 8.33. The molecule has 4 heteroatoms. The summed E-state index contributed by atoms with van der Waals surface area (Å²) in [5.74, 6) is 0. The van der Waals surface area contributed by atoms with E-state index in [4.69, 9.17) is 5.73 Å². The minimum atomic E-state index is 0.0143. The fourth-order valence-corrected chi connectivity index (χ4v) is 1.23. The van der Waals surface area contributed by atoms with E-state index in [9.17, 15) is 4.79 Å². The third-order valence-corrected chi connectivity index (χ3v) is 1.84. The molecule has 0 spiro atoms. The van der Waals surface area contributed by atoms with E-state index >= 15 is 0 Å². The van der Waals surface area contributed by atoms with Gasteiger partial charge < -0.3 is 16.0 Å². The molecule has 1 saturated heterocycles. The van der Waals surface area contributed by atoms with Gasteiger partial charge in [0.1, 0.15) is 0 Å². The fourth-order valence-electron chi connectivity index (χ4n) is 1.23. The van der Waals surface area contributed by atoms with Gasteiger partial charge in [0.2, 0.25) is 0 Å². The lowest BCUT2D eigenvalue weighted by molar-refractivity contribution is 0.209. The molecule has 1 unspecified atom stereocenters. The van der Waals surface area contributed by atoms with Crippen molar-refractivity contribution in [3.05, 3.63) is 0 Å². The Morgan fingerprint density at radius 2 is 2.55 bits per heavy atom. The van der Waals surface area contributed by atoms with Crippen LogP contribution in [-0.2, 0) is 0 Å². The van der Waals surface area contributed by atoms with E-state index in [2.05, 4.69) is 5.32 Å². The molecular weight excluding hydrogens is 142 g/mol. The molecule has 1 aliphatic rings. The number of hydrogen-bond acceptors (Lipinski definition) is 2. The number of rotatable bonds is 1. The summed E-state index contributed by atoms with van der Waals surface area (Å²) in [6, 6.07) is 0.193. The third-order valence-electron chi connectivity index (χ3n) is 1.84. The number of nitrogens with two attached hydrogens (primary N) is 1. The van der Waals surface area contributed by atoms with Crippen molar-refractivity contribution in [2.45, 2.75) is 19.4 Å². The Balaban J connectivity index is 2.31. The van der Waals surface area contributed by atoms with Crippen molar-refractivity contribution in [2.75, 3.05) is 19.6 Å². The van der Waals surface area contributed by atoms with Crippen LogP contribution in [0.15, 0.2) is 0 Å². The van der Waals surface area contributed by atoms with Crippen molar-refractivity contribution >= 4 is 6.03 Å². The van der Waals surface area contributed by atoms with Crippen molar-refractivity contribution in [2.24, 2.45) is 5.73 Å². The highest BCUT2D eigenvalue weighted by Crippen LogP contribution is 2.05. The molecule has 1 fully saturated rings. The minimum Gasteiger partial charge on any atom is -0.338 e. The van der Waals surface area contributed by atoms with E-state index in [1.807, 2.05) is 6.92 Å². The summed E-state index contributed by atoms with van der Waals surface area (Å²) in [7, 11) is 0. The maximum absolute atomic E-state index is 11.2. The first-order valence-electron chi connectivity index (χ1n) is 4.02. The molecule has 0 aromatic carbocycles. The monoisotopic (exact) mass is 157 g/mol. The smallest absolute Gasteiger partial charge is 0.317 e. The number of likely N-dealkylation sites (tertiary alicyclic amines) is 1. The SMILES string of the molecule is CCNC(=O)N1CCC(N)C1. The van der Waals surface area contributed by atoms with Crippen LogP contribution in [-0.4, -0.2) is 36.6 Å². The van der Waals surface area contributed by atoms with E-state index in [0.29, 0.717) is 13.1 Å². The number of hydrogen-bond donors (Lipinski definition) is 2. The Kier molecular flexibility index (Phi) is 2.70. The molecule has 1 atom stereocenters. The highest BCUT2D eigenvalue weighted by molar-refractivity contribution is 5.74. The molecule has 0 saturated carbocycles. The van der Waals surface area contributed by atoms with Gasteiger partial charge in [-0.1, -0.05) is 0 Å². The van der Waals surface area contributed by atoms with Gasteiger partial charge in [-0.2, -0.15) is 0 Å². The van der Waals surface area contributed by atoms with Gasteiger partial charge in [-0.25, -0.2) is 4.79 Å². The van der Waals surface area contributed by atoms with Gasteiger partial charge in [-0.05, 0) is 13.3 Å². The summed E-state index contributed by atoms with van der Waals surface area (Å²) >= 11 is 0. The van der Waals surface area contributed by atoms with E-state index in [1.165, 1.54) is 0 Å². The second-order valence-corrected chi connectivity index (χ2v) is 2.83. The van der Waals surface area contributed by atoms with E-state index < -0.39 is 0 Å². The number of carbonyl (C=O) groups is 1. The number of nitrogens with zero attached hydrogens (tertiary/aromatic N) is 1. The Morgan fingerprint density at radius 3 is 3.00 bits per heavy atom. The van der Waals surface area contributed by atoms with Crippen molar-refractivity contribution in [3.63, 3.8) is 0 Å². The summed E-state index contributed by atoms with van der Waals surface area (Å²) in [5.41, 5.74) is 5.64. The van der Waals surface area contributed by atoms with Crippen LogP contribution >= 0.6 is 0 Å². The highest BCUT2D eigenvalue weighted by Gasteiger charge is 2.22. The standard InChI is InChI=1S/C7H15N3O/c1-2-9-7(11)10-4-3-6(8)5-10/h6H,2-5,8H2,1H3,(H,9,11). The lowest BCUT2D eigenvalue weighted by Gasteiger charge is -2.15. The largest absolute Gasteiger partial charge is 0.338 e. The van der Waals surface area contributed by atoms with Gasteiger partial charge in [-0.3, -0.25) is 0 Å². The van der Waals surface area contributed by atoms with Gasteiger partial charge in [0, 0.05) is 25.7 Å². The van der Waals surface area contributed by atoms with Crippen molar-refractivity contribution < 1.29 is 4.79 Å². The maximum Gasteiger partial charge on any atom is 0.317 e. The molecule has 64 valence electrons. The summed E-state index contributed by atoms with van der Waals surface area (Å²) in [6.07, 6.45) is 0.928. The van der Waals surface area contributed by atoms with Gasteiger partial charge >= 0.3 is 6.03 Å². The average molecular weight is 157 g/mol. The topological polar surface area (TPSA) is 58.4 Å². The van der Waals surface area contributed by atoms with Crippen LogP contribution in [0.5, 0.6) is 0 Å². The molecule has 1 aliphatic heterocycles. The summed E-state index contributed by atoms with van der Waals surface area (Å²) in [6.45, 7) is 4.09. The van der Waals surface area contributed by atoms with Crippen LogP contribution in [0.1, 0.15) is 13.3 Å². The van der Waals surface area contributed by atoms with E-state index in [0.717, 1.165) is 13.0 Å². The molecule has 2 amide bonds. The van der Waals surface area contributed by atoms with Gasteiger partial charge in [0.15, 0.2) is 0 Å². The quantitative estimate of drug-likeness (QED) is 0.551. The second kappa shape index (κ2) is 3.57. The van der Waals surface area contributed by atoms with Gasteiger partial charge in [0.05, 0.1) is 0 Å². The minimum absolute atomic E-state index is 0.0143. The summed E-state index contributed by atoms with van der Waals surface area (Å²) in [5, 5.41) is 2.74. The normalized spacial score (nSPS) is 23.8. The summed E-state index contributed by atoms with van der Waals surface area (Å²) in [4.78, 5) is 12.9. The fraction of sp³-hybridized carbons (Fsp3) is 0.857. The number of carbonyl (C=O) groups excluding carboxylic acids is 1. The molecule has 3 N–H and O–H groups in total. The van der Waals surface area contributed by atoms with Crippen LogP contribution in [0.3, 0.4) is 0 Å². The van der Waals surface area contributed by atoms with Gasteiger partial charge in [0.25, 0.3) is 0 Å². The average Bonchev–Trinajstić information content (AvgIpc) is 2.36. The van der Waals surface area contributed by atoms with Crippen LogP contribution in [0.4, 0.5) is 4.79 Å². The predicted octanol–water partition coefficient (Wildman–Crippen LogP) is -0.251. The Morgan fingerprint density at radius 1 is 1.82 bits per heavy atom. The molecule has 1 heterocycles. The Hall–Kier alpha value is -0.770. The maximum atomic E-state index is 11.2. The number of nitrogens with one attached hydrogen (secondary N) is 1. The molecule has 0 radical (unpaired) electrons. The lowest BCUT2D eigenvalue weighted by atomic mass is 10.3. The Bertz CT molecular complexity index is 149. The van der Waals surface area contributed by atoms with E-state index in [1.54, 1.807) is 4.90 Å². The molecule has 0 aromatic rings. The number of amides is 2. The van der Waals surface area contributed by atoms with Crippen molar-refractivity contribution in [3.8, 4) is 0 Å². The highest BCUT2D eigenvalue weighted by atomic mass is 16.2. The van der Waals surface area contributed by atoms with Crippen LogP contribution in [0, 0.1) is 0 Å². The molecular formula is C7H15N3O. The van der Waals surface area contributed by atoms with Gasteiger partial charge in [-0.15, -0.1) is 0 Å². The summed E-state index contributed by atoms with van der Waals surface area (Å²) < 4.78 is 0. The molecule has 0 bridgehead atoms. The van der Waals surface area contributed by atoms with Crippen molar-refractivity contribution in [1.29, 1.82) is 0 Å². The van der Waals surface area contributed by atoms with E-state index in [-0.39, 0.29) is 12.1 Å². The Labute approximate surface area is 66.7 Å². The zero-order chi connectivity index (χ0) is 8.27. The third kappa shape index (κ3) is 2.08. The predicted molar refractivity (Wildman–Crippen MR) is 43.2 cm³/mol. The lowest BCUT2D eigenvalue weighted by Crippen LogP contribution is -2.39. The first-order valence-corrected chi connectivity index (χ1v) is 4.02. The molecule has 0 aliphatic carbocycles. The van der Waals surface area contributed by atoms with Crippen molar-refractivity contribution in [1.82, 2.24) is 10.2 Å². The zero-order valence-corrected chi connectivity index (χ0v) is 6.84. The first-order chi connectivity index (χ1) is 5.24. The van der Waals surface area contributed by atoms with Crippen LogP contribution in [0.2, 0.25) is 0 Å². The molecule has 0 aromatic heterocycles. The molecule has 1 rings (SSSR count). The zero-order valence-electron chi connectivity index (χ0n) is 6.84. The molecule has 11 heavy (non-hydrogen) atoms. The number of urea groups is 1. The van der Waals surface area contributed by atoms with Crippen LogP contribution < -0.4 is 11.1 Å². The van der Waals surface area contributed by atoms with Crippen LogP contribution in [0.25, 0.3) is 0 Å².